The highest BCUT2D eigenvalue weighted by molar-refractivity contribution is 5.93. The number of esters is 1. The molecule has 1 heterocycles. The minimum absolute atomic E-state index is 0.00797. The first-order valence-electron chi connectivity index (χ1n) is 8.83. The van der Waals surface area contributed by atoms with Crippen molar-refractivity contribution < 1.29 is 19.4 Å². The number of anilines is 3. The van der Waals surface area contributed by atoms with Gasteiger partial charge in [0.25, 0.3) is 0 Å². The molecule has 0 radical (unpaired) electrons. The van der Waals surface area contributed by atoms with Gasteiger partial charge in [0.2, 0.25) is 5.95 Å². The average Bonchev–Trinajstić information content (AvgIpc) is 3.52. The van der Waals surface area contributed by atoms with Crippen LogP contribution in [0.15, 0.2) is 24.3 Å². The molecule has 1 aliphatic rings. The second kappa shape index (κ2) is 8.22. The molecule has 0 bridgehead atoms. The van der Waals surface area contributed by atoms with Crippen molar-refractivity contribution in [1.82, 2.24) is 9.97 Å². The maximum absolute atomic E-state index is 11.8. The van der Waals surface area contributed by atoms with Crippen molar-refractivity contribution in [3.05, 3.63) is 35.5 Å². The van der Waals surface area contributed by atoms with E-state index in [9.17, 15) is 9.90 Å². The van der Waals surface area contributed by atoms with Gasteiger partial charge in [-0.1, -0.05) is 0 Å². The topological polar surface area (TPSA) is 106 Å². The van der Waals surface area contributed by atoms with E-state index in [2.05, 4.69) is 20.6 Å². The fourth-order valence-electron chi connectivity index (χ4n) is 2.64. The lowest BCUT2D eigenvalue weighted by Gasteiger charge is -2.15. The van der Waals surface area contributed by atoms with E-state index in [0.717, 1.165) is 24.2 Å². The van der Waals surface area contributed by atoms with Crippen molar-refractivity contribution >= 4 is 23.4 Å². The summed E-state index contributed by atoms with van der Waals surface area (Å²) in [7, 11) is 2.83. The number of benzene rings is 1. The SMILES string of the molecule is COC(=O)c1ccc(Nc2cc(C3CC3)nc(N[C@@H](C)CO)n2)cc1OC. The van der Waals surface area contributed by atoms with Gasteiger partial charge >= 0.3 is 5.97 Å². The molecule has 144 valence electrons. The molecule has 1 saturated carbocycles. The van der Waals surface area contributed by atoms with Crippen LogP contribution in [0.25, 0.3) is 0 Å². The Hall–Kier alpha value is -2.87. The molecule has 0 saturated heterocycles. The van der Waals surface area contributed by atoms with Gasteiger partial charge in [-0.05, 0) is 31.9 Å². The number of methoxy groups -OCH3 is 2. The van der Waals surface area contributed by atoms with Gasteiger partial charge in [-0.3, -0.25) is 0 Å². The molecule has 8 nitrogen and oxygen atoms in total. The van der Waals surface area contributed by atoms with Gasteiger partial charge in [-0.2, -0.15) is 4.98 Å². The molecule has 2 aromatic rings. The molecule has 0 amide bonds. The fourth-order valence-corrected chi connectivity index (χ4v) is 2.64. The van der Waals surface area contributed by atoms with Crippen molar-refractivity contribution in [1.29, 1.82) is 0 Å². The van der Waals surface area contributed by atoms with Crippen LogP contribution < -0.4 is 15.4 Å². The lowest BCUT2D eigenvalue weighted by atomic mass is 10.1. The Morgan fingerprint density at radius 2 is 2.07 bits per heavy atom. The van der Waals surface area contributed by atoms with Gasteiger partial charge in [0.05, 0.1) is 26.5 Å². The van der Waals surface area contributed by atoms with E-state index in [4.69, 9.17) is 9.47 Å². The molecule has 1 fully saturated rings. The third-order valence-corrected chi connectivity index (χ3v) is 4.27. The third kappa shape index (κ3) is 4.65. The number of rotatable bonds is 8. The second-order valence-corrected chi connectivity index (χ2v) is 6.54. The predicted octanol–water partition coefficient (Wildman–Crippen LogP) is 2.69. The lowest BCUT2D eigenvalue weighted by molar-refractivity contribution is 0.0597. The first kappa shape index (κ1) is 18.9. The number of carbonyl (C=O) groups is 1. The molecule has 0 aliphatic heterocycles. The summed E-state index contributed by atoms with van der Waals surface area (Å²) in [5, 5.41) is 15.6. The second-order valence-electron chi connectivity index (χ2n) is 6.54. The minimum Gasteiger partial charge on any atom is -0.496 e. The van der Waals surface area contributed by atoms with Crippen LogP contribution >= 0.6 is 0 Å². The highest BCUT2D eigenvalue weighted by atomic mass is 16.5. The van der Waals surface area contributed by atoms with Gasteiger partial charge in [-0.25, -0.2) is 9.78 Å². The van der Waals surface area contributed by atoms with E-state index < -0.39 is 5.97 Å². The Balaban J connectivity index is 1.86. The van der Waals surface area contributed by atoms with Gasteiger partial charge in [0.1, 0.15) is 17.1 Å². The first-order chi connectivity index (χ1) is 13.0. The van der Waals surface area contributed by atoms with Crippen molar-refractivity contribution in [2.75, 3.05) is 31.5 Å². The maximum Gasteiger partial charge on any atom is 0.341 e. The van der Waals surface area contributed by atoms with Crippen molar-refractivity contribution in [3.63, 3.8) is 0 Å². The summed E-state index contributed by atoms with van der Waals surface area (Å²) in [5.74, 6) is 1.51. The minimum atomic E-state index is -0.457. The predicted molar refractivity (Wildman–Crippen MR) is 102 cm³/mol. The highest BCUT2D eigenvalue weighted by Crippen LogP contribution is 2.40. The Kier molecular flexibility index (Phi) is 5.75. The summed E-state index contributed by atoms with van der Waals surface area (Å²) in [6, 6.07) is 6.90. The largest absolute Gasteiger partial charge is 0.496 e. The summed E-state index contributed by atoms with van der Waals surface area (Å²) in [4.78, 5) is 20.8. The number of nitrogens with one attached hydrogen (secondary N) is 2. The number of carbonyl (C=O) groups excluding carboxylic acids is 1. The van der Waals surface area contributed by atoms with Crippen LogP contribution in [0.5, 0.6) is 5.75 Å². The van der Waals surface area contributed by atoms with Crippen molar-refractivity contribution in [2.24, 2.45) is 0 Å². The van der Waals surface area contributed by atoms with Crippen LogP contribution in [0.1, 0.15) is 41.7 Å². The summed E-state index contributed by atoms with van der Waals surface area (Å²) >= 11 is 0. The van der Waals surface area contributed by atoms with Crippen LogP contribution in [-0.2, 0) is 4.74 Å². The number of aliphatic hydroxyl groups excluding tert-OH is 1. The van der Waals surface area contributed by atoms with E-state index in [0.29, 0.717) is 29.0 Å². The number of hydrogen-bond donors (Lipinski definition) is 3. The normalized spacial score (nSPS) is 14.4. The van der Waals surface area contributed by atoms with Crippen LogP contribution in [0.3, 0.4) is 0 Å². The van der Waals surface area contributed by atoms with Gasteiger partial charge < -0.3 is 25.2 Å². The van der Waals surface area contributed by atoms with Crippen molar-refractivity contribution in [3.8, 4) is 5.75 Å². The maximum atomic E-state index is 11.8. The summed E-state index contributed by atoms with van der Waals surface area (Å²) < 4.78 is 10.1. The van der Waals surface area contributed by atoms with Gasteiger partial charge in [0, 0.05) is 29.8 Å². The molecular formula is C19H24N4O4. The standard InChI is InChI=1S/C19H24N4O4/c1-11(10-24)20-19-22-15(12-4-5-12)9-17(23-19)21-13-6-7-14(18(25)27-3)16(8-13)26-2/h6-9,11-12,24H,4-5,10H2,1-3H3,(H2,20,21,22,23)/t11-/m0/s1. The average molecular weight is 372 g/mol. The van der Waals surface area contributed by atoms with Gasteiger partial charge in [-0.15, -0.1) is 0 Å². The van der Waals surface area contributed by atoms with Crippen LogP contribution in [0.2, 0.25) is 0 Å². The molecule has 0 unspecified atom stereocenters. The molecule has 1 atom stereocenters. The molecule has 1 aromatic carbocycles. The number of aromatic nitrogens is 2. The van der Waals surface area contributed by atoms with E-state index in [-0.39, 0.29) is 12.6 Å². The lowest BCUT2D eigenvalue weighted by Crippen LogP contribution is -2.21. The quantitative estimate of drug-likeness (QED) is 0.608. The number of nitrogens with zero attached hydrogens (tertiary/aromatic N) is 2. The van der Waals surface area contributed by atoms with Gasteiger partial charge in [0.15, 0.2) is 0 Å². The molecule has 3 N–H and O–H groups in total. The number of hydrogen-bond acceptors (Lipinski definition) is 8. The van der Waals surface area contributed by atoms with E-state index >= 15 is 0 Å². The highest BCUT2D eigenvalue weighted by Gasteiger charge is 2.26. The zero-order chi connectivity index (χ0) is 19.4. The van der Waals surface area contributed by atoms with Crippen LogP contribution in [0, 0.1) is 0 Å². The molecule has 27 heavy (non-hydrogen) atoms. The third-order valence-electron chi connectivity index (χ3n) is 4.27. The van der Waals surface area contributed by atoms with Crippen LogP contribution in [0.4, 0.5) is 17.5 Å². The monoisotopic (exact) mass is 372 g/mol. The zero-order valence-corrected chi connectivity index (χ0v) is 15.7. The zero-order valence-electron chi connectivity index (χ0n) is 15.7. The smallest absolute Gasteiger partial charge is 0.341 e. The number of aliphatic hydroxyl groups is 1. The van der Waals surface area contributed by atoms with E-state index in [1.807, 2.05) is 13.0 Å². The molecule has 8 heteroatoms. The Morgan fingerprint density at radius 1 is 1.30 bits per heavy atom. The summed E-state index contributed by atoms with van der Waals surface area (Å²) in [6.45, 7) is 1.85. The molecule has 1 aliphatic carbocycles. The summed E-state index contributed by atoms with van der Waals surface area (Å²) in [6.07, 6.45) is 2.24. The van der Waals surface area contributed by atoms with E-state index in [1.165, 1.54) is 14.2 Å². The molecular weight excluding hydrogens is 348 g/mol. The number of ether oxygens (including phenoxy) is 2. The van der Waals surface area contributed by atoms with Crippen LogP contribution in [-0.4, -0.2) is 47.9 Å². The molecule has 3 rings (SSSR count). The molecule has 1 aromatic heterocycles. The first-order valence-corrected chi connectivity index (χ1v) is 8.83. The Bertz CT molecular complexity index is 823. The Labute approximate surface area is 157 Å². The summed E-state index contributed by atoms with van der Waals surface area (Å²) in [5.41, 5.74) is 2.05. The van der Waals surface area contributed by atoms with Crippen molar-refractivity contribution in [2.45, 2.75) is 31.7 Å². The Morgan fingerprint density at radius 3 is 2.70 bits per heavy atom. The fraction of sp³-hybridized carbons (Fsp3) is 0.421. The van der Waals surface area contributed by atoms with E-state index in [1.54, 1.807) is 18.2 Å². The molecule has 0 spiro atoms.